The molecule has 0 aliphatic heterocycles. The molecule has 0 radical (unpaired) electrons. The van der Waals surface area contributed by atoms with E-state index in [4.69, 9.17) is 33.8 Å². The van der Waals surface area contributed by atoms with E-state index in [9.17, 15) is 67.7 Å². The second kappa shape index (κ2) is 38.2. The van der Waals surface area contributed by atoms with Crippen LogP contribution >= 0.6 is 25.3 Å². The van der Waals surface area contributed by atoms with Crippen LogP contribution in [-0.2, 0) is 70.4 Å². The van der Waals surface area contributed by atoms with E-state index >= 15 is 0 Å². The Labute approximate surface area is 500 Å². The molecular formula is C51H78N18O14S2. The second-order valence-electron chi connectivity index (χ2n) is 19.1. The highest BCUT2D eigenvalue weighted by Gasteiger charge is 2.35. The van der Waals surface area contributed by atoms with Gasteiger partial charge in [0.15, 0.2) is 11.9 Å². The molecule has 32 nitrogen and oxygen atoms in total. The number of nitrogens with two attached hydrogens (primary N) is 4. The number of aliphatic hydroxyl groups excluding tert-OH is 2. The van der Waals surface area contributed by atoms with Gasteiger partial charge >= 0.3 is 0 Å². The zero-order valence-electron chi connectivity index (χ0n) is 46.7. The lowest BCUT2D eigenvalue weighted by atomic mass is 10.0. The number of carbonyl (C=O) groups is 12. The highest BCUT2D eigenvalue weighted by atomic mass is 32.1. The van der Waals surface area contributed by atoms with Gasteiger partial charge in [0.25, 0.3) is 0 Å². The molecule has 2 aromatic rings. The van der Waals surface area contributed by atoms with Crippen LogP contribution in [0.2, 0.25) is 0 Å². The first-order chi connectivity index (χ1) is 40.2. The van der Waals surface area contributed by atoms with E-state index in [1.165, 1.54) is 6.92 Å². The van der Waals surface area contributed by atoms with E-state index in [-0.39, 0.29) is 63.1 Å². The normalized spacial score (nSPS) is 14.3. The zero-order chi connectivity index (χ0) is 63.8. The van der Waals surface area contributed by atoms with Crippen molar-refractivity contribution in [3.63, 3.8) is 0 Å². The molecule has 0 saturated carbocycles. The molecule has 85 heavy (non-hydrogen) atoms. The van der Waals surface area contributed by atoms with Crippen molar-refractivity contribution in [2.75, 3.05) is 37.8 Å². The molecule has 0 heterocycles. The topological polar surface area (TPSA) is 541 Å². The predicted octanol–water partition coefficient (Wildman–Crippen LogP) is -7.91. The van der Waals surface area contributed by atoms with Crippen molar-refractivity contribution in [1.29, 1.82) is 10.8 Å². The Morgan fingerprint density at radius 1 is 0.447 bits per heavy atom. The molecule has 0 aliphatic rings. The van der Waals surface area contributed by atoms with E-state index in [0.29, 0.717) is 11.1 Å². The third-order valence-corrected chi connectivity index (χ3v) is 12.9. The van der Waals surface area contributed by atoms with Gasteiger partial charge in [-0.05, 0) is 43.7 Å². The number of guanidine groups is 2. The summed E-state index contributed by atoms with van der Waals surface area (Å²) in [5.41, 5.74) is 22.4. The average Bonchev–Trinajstić information content (AvgIpc) is 3.64. The summed E-state index contributed by atoms with van der Waals surface area (Å²) in [7, 11) is 0. The van der Waals surface area contributed by atoms with Crippen molar-refractivity contribution < 1.29 is 67.7 Å². The molecule has 12 amide bonds. The minimum Gasteiger partial charge on any atom is -0.394 e. The fraction of sp³-hybridized carbons (Fsp3) is 0.490. The lowest BCUT2D eigenvalue weighted by Gasteiger charge is -2.28. The summed E-state index contributed by atoms with van der Waals surface area (Å²) in [4.78, 5) is 159. The van der Waals surface area contributed by atoms with Crippen molar-refractivity contribution in [3.8, 4) is 0 Å². The molecule has 24 N–H and O–H groups in total. The molecule has 0 aliphatic carbocycles. The van der Waals surface area contributed by atoms with Gasteiger partial charge in [-0.2, -0.15) is 25.3 Å². The van der Waals surface area contributed by atoms with Crippen LogP contribution in [-0.4, -0.2) is 191 Å². The number of thiol groups is 2. The Hall–Kier alpha value is -8.76. The number of hydrogen-bond acceptors (Lipinski definition) is 18. The SMILES string of the molecule is CC(=O)N[C@@H](CC(N)=O)C(=O)N[C@@H](CS)C(=O)N[C@@H](CCCNC(=N)N)C(=O)N[C@@H](Cc1ccccc1)C(=O)N[C@@H](Cc1ccccc1)C(=O)N[C@@H](CCCNC(=N)N)C(=O)N[C@@H](CO)C(=O)N[C@@H](C)C(=O)N[C@@H](CS)C(=O)N[C@@H](CO)C(N)=O. The molecule has 34 heteroatoms. The lowest BCUT2D eigenvalue weighted by Crippen LogP contribution is -2.61. The third kappa shape index (κ3) is 27.5. The number of nitrogens with one attached hydrogen (secondary N) is 14. The van der Waals surface area contributed by atoms with Gasteiger partial charge < -0.3 is 96.9 Å². The molecule has 2 rings (SSSR count). The second-order valence-corrected chi connectivity index (χ2v) is 19.9. The Morgan fingerprint density at radius 2 is 0.776 bits per heavy atom. The number of amides is 12. The zero-order valence-corrected chi connectivity index (χ0v) is 48.5. The molecule has 0 saturated heterocycles. The summed E-state index contributed by atoms with van der Waals surface area (Å²) in [6.45, 7) is 0.482. The summed E-state index contributed by atoms with van der Waals surface area (Å²) < 4.78 is 0. The van der Waals surface area contributed by atoms with Crippen LogP contribution in [0.5, 0.6) is 0 Å². The first-order valence-electron chi connectivity index (χ1n) is 26.5. The number of hydrogen-bond donors (Lipinski definition) is 22. The van der Waals surface area contributed by atoms with Gasteiger partial charge in [-0.3, -0.25) is 68.4 Å². The van der Waals surface area contributed by atoms with Crippen molar-refractivity contribution in [2.45, 2.75) is 119 Å². The molecule has 0 unspecified atom stereocenters. The molecule has 2 aromatic carbocycles. The fourth-order valence-electron chi connectivity index (χ4n) is 7.74. The number of aliphatic hydroxyl groups is 2. The first-order valence-corrected chi connectivity index (χ1v) is 27.7. The Balaban J connectivity index is 2.53. The minimum atomic E-state index is -1.76. The standard InChI is InChI=1S/C51H78N18O14S2/c1-26(41(75)68-37(24-84)49(83)66-35(22-70)40(53)74)60-47(81)36(23-71)67-43(77)31(16-10-18-59-51(56)57)62-44(78)32(19-28-11-5-3-6-12-28)65-45(79)33(20-29-13-7-4-8-14-29)64-42(76)30(15-9-17-58-50(54)55)63-48(82)38(25-85)69-46(80)34(21-39(52)73)61-27(2)72/h3-8,11-14,26,30-38,70-71,84-85H,9-10,15-25H2,1-2H3,(H2,52,73)(H2,53,74)(H,60,81)(H,61,72)(H,62,78)(H,63,82)(H,64,76)(H,65,79)(H,66,83)(H,67,77)(H,68,75)(H,69,80)(H4,54,55,58)(H4,56,57,59)/t26-,30-,31-,32-,33-,34-,35-,36-,37-,38-/m0/s1. The van der Waals surface area contributed by atoms with Gasteiger partial charge in [0.05, 0.1) is 19.6 Å². The number of primary amides is 2. The molecule has 0 fully saturated rings. The van der Waals surface area contributed by atoms with Crippen LogP contribution in [0.4, 0.5) is 0 Å². The molecule has 0 aromatic heterocycles. The monoisotopic (exact) mass is 1230 g/mol. The Bertz CT molecular complexity index is 2630. The van der Waals surface area contributed by atoms with Crippen LogP contribution in [0, 0.1) is 10.8 Å². The molecule has 468 valence electrons. The van der Waals surface area contributed by atoms with Gasteiger partial charge in [0.2, 0.25) is 70.9 Å². The highest BCUT2D eigenvalue weighted by molar-refractivity contribution is 7.80. The Kier molecular flexibility index (Phi) is 32.5. The molecule has 0 bridgehead atoms. The van der Waals surface area contributed by atoms with Gasteiger partial charge in [-0.25, -0.2) is 0 Å². The van der Waals surface area contributed by atoms with E-state index in [2.05, 4.69) is 89.1 Å². The maximum Gasteiger partial charge on any atom is 0.245 e. The van der Waals surface area contributed by atoms with Gasteiger partial charge in [-0.1, -0.05) is 60.7 Å². The fourth-order valence-corrected chi connectivity index (χ4v) is 8.26. The average molecular weight is 1230 g/mol. The summed E-state index contributed by atoms with van der Waals surface area (Å²) in [6.07, 6.45) is -1.23. The molecule has 10 atom stereocenters. The summed E-state index contributed by atoms with van der Waals surface area (Å²) >= 11 is 8.22. The Morgan fingerprint density at radius 3 is 1.14 bits per heavy atom. The van der Waals surface area contributed by atoms with Gasteiger partial charge in [0, 0.05) is 44.4 Å². The predicted molar refractivity (Wildman–Crippen MR) is 314 cm³/mol. The van der Waals surface area contributed by atoms with Crippen molar-refractivity contribution in [2.24, 2.45) is 22.9 Å². The molecular weight excluding hydrogens is 1150 g/mol. The van der Waals surface area contributed by atoms with Crippen molar-refractivity contribution in [3.05, 3.63) is 71.8 Å². The van der Waals surface area contributed by atoms with Crippen LogP contribution in [0.15, 0.2) is 60.7 Å². The van der Waals surface area contributed by atoms with E-state index < -0.39 is 163 Å². The quantitative estimate of drug-likeness (QED) is 0.0128. The summed E-state index contributed by atoms with van der Waals surface area (Å²) in [5, 5.41) is 64.2. The number of benzene rings is 2. The van der Waals surface area contributed by atoms with Crippen molar-refractivity contribution in [1.82, 2.24) is 63.8 Å². The van der Waals surface area contributed by atoms with Crippen molar-refractivity contribution >= 4 is 108 Å². The maximum absolute atomic E-state index is 14.7. The van der Waals surface area contributed by atoms with E-state index in [1.807, 2.05) is 0 Å². The first kappa shape index (κ1) is 72.3. The third-order valence-electron chi connectivity index (χ3n) is 12.2. The van der Waals surface area contributed by atoms with E-state index in [0.717, 1.165) is 6.92 Å². The van der Waals surface area contributed by atoms with Gasteiger partial charge in [-0.15, -0.1) is 0 Å². The van der Waals surface area contributed by atoms with Crippen LogP contribution in [0.25, 0.3) is 0 Å². The lowest BCUT2D eigenvalue weighted by molar-refractivity contribution is -0.136. The van der Waals surface area contributed by atoms with Crippen LogP contribution in [0.3, 0.4) is 0 Å². The highest BCUT2D eigenvalue weighted by Crippen LogP contribution is 2.11. The summed E-state index contributed by atoms with van der Waals surface area (Å²) in [6, 6.07) is 1.65. The van der Waals surface area contributed by atoms with Gasteiger partial charge in [0.1, 0.15) is 60.4 Å². The minimum absolute atomic E-state index is 0.0136. The molecule has 0 spiro atoms. The summed E-state index contributed by atoms with van der Waals surface area (Å²) in [5.74, 6) is -12.9. The van der Waals surface area contributed by atoms with Crippen LogP contribution in [0.1, 0.15) is 57.1 Å². The van der Waals surface area contributed by atoms with E-state index in [1.54, 1.807) is 60.7 Å². The largest absolute Gasteiger partial charge is 0.394 e. The van der Waals surface area contributed by atoms with Crippen LogP contribution < -0.4 is 86.7 Å². The maximum atomic E-state index is 14.7. The smallest absolute Gasteiger partial charge is 0.245 e. The number of rotatable bonds is 38. The number of carbonyl (C=O) groups excluding carboxylic acids is 12.